The van der Waals surface area contributed by atoms with E-state index in [-0.39, 0.29) is 5.89 Å². The van der Waals surface area contributed by atoms with Crippen LogP contribution in [0, 0.1) is 11.6 Å². The molecule has 0 fully saturated rings. The molecule has 6 heteroatoms. The fourth-order valence-electron chi connectivity index (χ4n) is 1.55. The first-order valence-electron chi connectivity index (χ1n) is 5.02. The molecule has 0 aliphatic carbocycles. The highest BCUT2D eigenvalue weighted by molar-refractivity contribution is 9.10. The number of benzene rings is 1. The van der Waals surface area contributed by atoms with Crippen LogP contribution >= 0.6 is 15.9 Å². The van der Waals surface area contributed by atoms with Crippen molar-refractivity contribution in [3.05, 3.63) is 46.6 Å². The van der Waals surface area contributed by atoms with Gasteiger partial charge in [0.15, 0.2) is 22.9 Å². The zero-order valence-corrected chi connectivity index (χ0v) is 10.4. The van der Waals surface area contributed by atoms with Crippen molar-refractivity contribution in [2.45, 2.75) is 0 Å². The SMILES string of the molecule is Fc1ccc(-c2nc3nc(Br)ccc3o2)cc1F. The molecule has 90 valence electrons. The van der Waals surface area contributed by atoms with Crippen LogP contribution in [0.15, 0.2) is 39.4 Å². The summed E-state index contributed by atoms with van der Waals surface area (Å²) >= 11 is 3.22. The maximum Gasteiger partial charge on any atom is 0.228 e. The van der Waals surface area contributed by atoms with E-state index in [1.807, 2.05) is 0 Å². The van der Waals surface area contributed by atoms with Gasteiger partial charge >= 0.3 is 0 Å². The van der Waals surface area contributed by atoms with E-state index >= 15 is 0 Å². The average molecular weight is 311 g/mol. The van der Waals surface area contributed by atoms with Gasteiger partial charge in [-0.2, -0.15) is 4.98 Å². The van der Waals surface area contributed by atoms with Crippen LogP contribution in [0.2, 0.25) is 0 Å². The molecule has 3 rings (SSSR count). The van der Waals surface area contributed by atoms with E-state index in [2.05, 4.69) is 25.9 Å². The van der Waals surface area contributed by atoms with E-state index < -0.39 is 11.6 Å². The zero-order valence-electron chi connectivity index (χ0n) is 8.82. The molecular formula is C12H5BrF2N2O. The molecule has 18 heavy (non-hydrogen) atoms. The van der Waals surface area contributed by atoms with Crippen molar-refractivity contribution in [1.82, 2.24) is 9.97 Å². The summed E-state index contributed by atoms with van der Waals surface area (Å²) < 4.78 is 32.0. The Labute approximate surface area is 109 Å². The Morgan fingerprint density at radius 3 is 2.61 bits per heavy atom. The first kappa shape index (κ1) is 11.3. The number of hydrogen-bond acceptors (Lipinski definition) is 3. The lowest BCUT2D eigenvalue weighted by molar-refractivity contribution is 0.508. The Balaban J connectivity index is 2.16. The van der Waals surface area contributed by atoms with Crippen molar-refractivity contribution in [1.29, 1.82) is 0 Å². The Bertz CT molecular complexity index is 742. The second kappa shape index (κ2) is 4.13. The molecule has 0 bridgehead atoms. The molecule has 0 unspecified atom stereocenters. The lowest BCUT2D eigenvalue weighted by atomic mass is 10.2. The Hall–Kier alpha value is -1.82. The molecule has 2 heterocycles. The number of hydrogen-bond donors (Lipinski definition) is 0. The lowest BCUT2D eigenvalue weighted by Crippen LogP contribution is -1.85. The molecule has 1 aromatic carbocycles. The second-order valence-corrected chi connectivity index (χ2v) is 4.42. The normalized spacial score (nSPS) is 11.1. The topological polar surface area (TPSA) is 38.9 Å². The van der Waals surface area contributed by atoms with Crippen molar-refractivity contribution in [3.63, 3.8) is 0 Å². The molecule has 0 spiro atoms. The molecule has 0 N–H and O–H groups in total. The minimum absolute atomic E-state index is 0.203. The van der Waals surface area contributed by atoms with Gasteiger partial charge in [0.1, 0.15) is 4.60 Å². The van der Waals surface area contributed by atoms with Crippen LogP contribution in [-0.2, 0) is 0 Å². The van der Waals surface area contributed by atoms with Crippen LogP contribution < -0.4 is 0 Å². The Morgan fingerprint density at radius 1 is 1.00 bits per heavy atom. The van der Waals surface area contributed by atoms with Crippen LogP contribution in [0.25, 0.3) is 22.7 Å². The molecule has 0 radical (unpaired) electrons. The van der Waals surface area contributed by atoms with E-state index in [1.54, 1.807) is 12.1 Å². The first-order chi connectivity index (χ1) is 8.63. The van der Waals surface area contributed by atoms with Gasteiger partial charge in [0, 0.05) is 5.56 Å². The van der Waals surface area contributed by atoms with Gasteiger partial charge in [-0.25, -0.2) is 13.8 Å². The van der Waals surface area contributed by atoms with Crippen LogP contribution in [0.4, 0.5) is 8.78 Å². The standard InChI is InChI=1S/C12H5BrF2N2O/c13-10-4-3-9-11(16-10)17-12(18-9)6-1-2-7(14)8(15)5-6/h1-5H. The summed E-state index contributed by atoms with van der Waals surface area (Å²) in [5.74, 6) is -1.64. The van der Waals surface area contributed by atoms with E-state index in [4.69, 9.17) is 4.42 Å². The summed E-state index contributed by atoms with van der Waals surface area (Å²) in [5.41, 5.74) is 1.25. The van der Waals surface area contributed by atoms with Gasteiger partial charge < -0.3 is 4.42 Å². The van der Waals surface area contributed by atoms with Gasteiger partial charge in [0.25, 0.3) is 0 Å². The van der Waals surface area contributed by atoms with Crippen LogP contribution in [0.5, 0.6) is 0 Å². The molecule has 0 aliphatic rings. The van der Waals surface area contributed by atoms with E-state index in [0.29, 0.717) is 21.4 Å². The van der Waals surface area contributed by atoms with E-state index in [9.17, 15) is 8.78 Å². The van der Waals surface area contributed by atoms with E-state index in [1.165, 1.54) is 6.07 Å². The number of fused-ring (bicyclic) bond motifs is 1. The quantitative estimate of drug-likeness (QED) is 0.639. The molecular weight excluding hydrogens is 306 g/mol. The minimum Gasteiger partial charge on any atom is -0.434 e. The molecule has 0 atom stereocenters. The number of halogens is 3. The monoisotopic (exact) mass is 310 g/mol. The van der Waals surface area contributed by atoms with Crippen molar-refractivity contribution in [2.24, 2.45) is 0 Å². The third-order valence-electron chi connectivity index (χ3n) is 2.39. The minimum atomic E-state index is -0.941. The second-order valence-electron chi connectivity index (χ2n) is 3.60. The van der Waals surface area contributed by atoms with Gasteiger partial charge in [-0.05, 0) is 46.3 Å². The molecule has 0 saturated carbocycles. The molecule has 0 amide bonds. The Kier molecular flexibility index (Phi) is 2.59. The Morgan fingerprint density at radius 2 is 1.83 bits per heavy atom. The number of aromatic nitrogens is 2. The predicted molar refractivity (Wildman–Crippen MR) is 64.9 cm³/mol. The van der Waals surface area contributed by atoms with Gasteiger partial charge in [-0.15, -0.1) is 0 Å². The van der Waals surface area contributed by atoms with Crippen LogP contribution in [0.1, 0.15) is 0 Å². The number of rotatable bonds is 1. The van der Waals surface area contributed by atoms with Gasteiger partial charge in [0.05, 0.1) is 0 Å². The summed E-state index contributed by atoms with van der Waals surface area (Å²) in [5, 5.41) is 0. The largest absolute Gasteiger partial charge is 0.434 e. The number of nitrogens with zero attached hydrogens (tertiary/aromatic N) is 2. The summed E-state index contributed by atoms with van der Waals surface area (Å²) in [7, 11) is 0. The van der Waals surface area contributed by atoms with Crippen molar-refractivity contribution < 1.29 is 13.2 Å². The molecule has 3 nitrogen and oxygen atoms in total. The predicted octanol–water partition coefficient (Wildman–Crippen LogP) is 3.93. The highest BCUT2D eigenvalue weighted by atomic mass is 79.9. The van der Waals surface area contributed by atoms with E-state index in [0.717, 1.165) is 12.1 Å². The molecule has 0 aliphatic heterocycles. The van der Waals surface area contributed by atoms with Crippen molar-refractivity contribution >= 4 is 27.2 Å². The van der Waals surface area contributed by atoms with Gasteiger partial charge in [-0.1, -0.05) is 0 Å². The molecule has 2 aromatic heterocycles. The zero-order chi connectivity index (χ0) is 12.7. The summed E-state index contributed by atoms with van der Waals surface area (Å²) in [6, 6.07) is 6.88. The van der Waals surface area contributed by atoms with Crippen molar-refractivity contribution in [2.75, 3.05) is 0 Å². The molecule has 0 saturated heterocycles. The van der Waals surface area contributed by atoms with Gasteiger partial charge in [-0.3, -0.25) is 0 Å². The van der Waals surface area contributed by atoms with Gasteiger partial charge in [0.2, 0.25) is 5.89 Å². The summed E-state index contributed by atoms with van der Waals surface area (Å²) in [4.78, 5) is 8.22. The highest BCUT2D eigenvalue weighted by Crippen LogP contribution is 2.25. The maximum atomic E-state index is 13.1. The third-order valence-corrected chi connectivity index (χ3v) is 2.83. The van der Waals surface area contributed by atoms with Crippen molar-refractivity contribution in [3.8, 4) is 11.5 Å². The summed E-state index contributed by atoms with van der Waals surface area (Å²) in [6.07, 6.45) is 0. The lowest BCUT2D eigenvalue weighted by Gasteiger charge is -1.95. The number of oxazole rings is 1. The molecule has 3 aromatic rings. The van der Waals surface area contributed by atoms with Crippen LogP contribution in [-0.4, -0.2) is 9.97 Å². The maximum absolute atomic E-state index is 13.1. The number of pyridine rings is 1. The summed E-state index contributed by atoms with van der Waals surface area (Å²) in [6.45, 7) is 0. The van der Waals surface area contributed by atoms with Crippen LogP contribution in [0.3, 0.4) is 0 Å². The third kappa shape index (κ3) is 1.88. The first-order valence-corrected chi connectivity index (χ1v) is 5.81. The fourth-order valence-corrected chi connectivity index (χ4v) is 1.85. The fraction of sp³-hybridized carbons (Fsp3) is 0. The highest BCUT2D eigenvalue weighted by Gasteiger charge is 2.11. The average Bonchev–Trinajstić information content (AvgIpc) is 2.75. The smallest absolute Gasteiger partial charge is 0.228 e.